The highest BCUT2D eigenvalue weighted by molar-refractivity contribution is 7.17. The molecule has 0 spiro atoms. The number of nitrogens with zero attached hydrogens (tertiary/aromatic N) is 1. The molecule has 138 valence electrons. The maximum atomic E-state index is 12.7. The van der Waals surface area contributed by atoms with Gasteiger partial charge >= 0.3 is 0 Å². The number of nitrogens with two attached hydrogens (primary N) is 1. The van der Waals surface area contributed by atoms with Crippen LogP contribution in [0.15, 0.2) is 63.3 Å². The SMILES string of the molecule is CC(C)[C@@H]([NH2+]Cc1nc2scc(-c3ccco3)c2c(=O)[nH]1)c1ccccc1. The van der Waals surface area contributed by atoms with Crippen molar-refractivity contribution in [2.75, 3.05) is 0 Å². The highest BCUT2D eigenvalue weighted by Crippen LogP contribution is 2.30. The molecule has 0 bridgehead atoms. The van der Waals surface area contributed by atoms with E-state index in [-0.39, 0.29) is 5.56 Å². The number of quaternary nitrogens is 1. The van der Waals surface area contributed by atoms with Gasteiger partial charge in [-0.1, -0.05) is 44.2 Å². The Kier molecular flexibility index (Phi) is 4.92. The Bertz CT molecular complexity index is 1080. The maximum Gasteiger partial charge on any atom is 0.260 e. The van der Waals surface area contributed by atoms with Gasteiger partial charge in [-0.3, -0.25) is 4.79 Å². The first-order valence-electron chi connectivity index (χ1n) is 9.06. The average Bonchev–Trinajstić information content (AvgIpc) is 3.32. The van der Waals surface area contributed by atoms with Gasteiger partial charge in [0.1, 0.15) is 23.2 Å². The second-order valence-corrected chi connectivity index (χ2v) is 7.80. The van der Waals surface area contributed by atoms with Crippen molar-refractivity contribution >= 4 is 21.6 Å². The number of aromatic nitrogens is 2. The molecule has 0 aliphatic carbocycles. The molecule has 27 heavy (non-hydrogen) atoms. The fraction of sp³-hybridized carbons (Fsp3) is 0.238. The Hall–Kier alpha value is -2.70. The van der Waals surface area contributed by atoms with E-state index >= 15 is 0 Å². The van der Waals surface area contributed by atoms with E-state index in [0.29, 0.717) is 35.5 Å². The van der Waals surface area contributed by atoms with Crippen LogP contribution in [0, 0.1) is 5.92 Å². The first-order valence-corrected chi connectivity index (χ1v) is 9.94. The fourth-order valence-corrected chi connectivity index (χ4v) is 4.36. The van der Waals surface area contributed by atoms with Crippen LogP contribution >= 0.6 is 11.3 Å². The number of hydrogen-bond acceptors (Lipinski definition) is 4. The lowest BCUT2D eigenvalue weighted by Crippen LogP contribution is -2.85. The van der Waals surface area contributed by atoms with Crippen molar-refractivity contribution in [3.05, 3.63) is 75.8 Å². The number of rotatable bonds is 6. The molecule has 0 unspecified atom stereocenters. The number of H-pyrrole nitrogens is 1. The van der Waals surface area contributed by atoms with Crippen molar-refractivity contribution in [2.24, 2.45) is 5.92 Å². The Morgan fingerprint density at radius 2 is 2.00 bits per heavy atom. The quantitative estimate of drug-likeness (QED) is 0.535. The van der Waals surface area contributed by atoms with E-state index < -0.39 is 0 Å². The van der Waals surface area contributed by atoms with Gasteiger partial charge in [0, 0.05) is 22.4 Å². The van der Waals surface area contributed by atoms with E-state index in [1.807, 2.05) is 23.6 Å². The molecule has 0 saturated carbocycles. The highest BCUT2D eigenvalue weighted by Gasteiger charge is 2.20. The van der Waals surface area contributed by atoms with Gasteiger partial charge in [0.05, 0.1) is 11.6 Å². The number of nitrogens with one attached hydrogen (secondary N) is 1. The second-order valence-electron chi connectivity index (χ2n) is 6.94. The Morgan fingerprint density at radius 3 is 2.70 bits per heavy atom. The van der Waals surface area contributed by atoms with Crippen LogP contribution in [0.3, 0.4) is 0 Å². The van der Waals surface area contributed by atoms with Crippen LogP contribution < -0.4 is 10.9 Å². The molecule has 3 heterocycles. The summed E-state index contributed by atoms with van der Waals surface area (Å²) >= 11 is 1.47. The van der Waals surface area contributed by atoms with Crippen LogP contribution in [-0.2, 0) is 6.54 Å². The van der Waals surface area contributed by atoms with Gasteiger partial charge in [-0.25, -0.2) is 4.98 Å². The summed E-state index contributed by atoms with van der Waals surface area (Å²) in [5.41, 5.74) is 1.97. The predicted molar refractivity (Wildman–Crippen MR) is 108 cm³/mol. The molecule has 0 radical (unpaired) electrons. The van der Waals surface area contributed by atoms with Crippen molar-refractivity contribution in [1.82, 2.24) is 9.97 Å². The molecule has 4 aromatic rings. The summed E-state index contributed by atoms with van der Waals surface area (Å²) < 4.78 is 5.45. The summed E-state index contributed by atoms with van der Waals surface area (Å²) in [5.74, 6) is 1.86. The van der Waals surface area contributed by atoms with Crippen molar-refractivity contribution in [2.45, 2.75) is 26.4 Å². The van der Waals surface area contributed by atoms with Crippen LogP contribution in [0.25, 0.3) is 21.5 Å². The molecule has 0 fully saturated rings. The predicted octanol–water partition coefficient (Wildman–Crippen LogP) is 3.71. The first kappa shape index (κ1) is 17.7. The van der Waals surface area contributed by atoms with E-state index in [4.69, 9.17) is 4.42 Å². The molecule has 6 heteroatoms. The standard InChI is InChI=1S/C21H21N3O2S/c1-13(2)19(14-7-4-3-5-8-14)22-11-17-23-20(25)18-15(12-27-21(18)24-17)16-9-6-10-26-16/h3-10,12-13,19,22H,11H2,1-2H3,(H,23,24,25)/p+1/t19-/m1/s1. The smallest absolute Gasteiger partial charge is 0.260 e. The van der Waals surface area contributed by atoms with Crippen LogP contribution in [-0.4, -0.2) is 9.97 Å². The minimum atomic E-state index is -0.114. The van der Waals surface area contributed by atoms with E-state index in [0.717, 1.165) is 10.4 Å². The van der Waals surface area contributed by atoms with Crippen molar-refractivity contribution < 1.29 is 9.73 Å². The van der Waals surface area contributed by atoms with Crippen LogP contribution in [0.1, 0.15) is 31.3 Å². The largest absolute Gasteiger partial charge is 0.464 e. The minimum absolute atomic E-state index is 0.114. The zero-order chi connectivity index (χ0) is 18.8. The van der Waals surface area contributed by atoms with Crippen LogP contribution in [0.4, 0.5) is 0 Å². The molecule has 0 aliphatic rings. The lowest BCUT2D eigenvalue weighted by Gasteiger charge is -2.19. The normalized spacial score (nSPS) is 12.7. The van der Waals surface area contributed by atoms with Crippen molar-refractivity contribution in [3.63, 3.8) is 0 Å². The van der Waals surface area contributed by atoms with Gasteiger partial charge in [0.15, 0.2) is 5.82 Å². The Balaban J connectivity index is 1.60. The van der Waals surface area contributed by atoms with Gasteiger partial charge < -0.3 is 14.7 Å². The average molecular weight is 380 g/mol. The molecule has 0 aliphatic heterocycles. The third kappa shape index (κ3) is 3.59. The monoisotopic (exact) mass is 380 g/mol. The number of hydrogen-bond donors (Lipinski definition) is 2. The number of benzene rings is 1. The molecular formula is C21H22N3O2S+. The van der Waals surface area contributed by atoms with E-state index in [9.17, 15) is 4.79 Å². The van der Waals surface area contributed by atoms with Crippen LogP contribution in [0.5, 0.6) is 0 Å². The molecule has 1 aromatic carbocycles. The summed E-state index contributed by atoms with van der Waals surface area (Å²) in [7, 11) is 0. The number of thiophene rings is 1. The summed E-state index contributed by atoms with van der Waals surface area (Å²) in [5, 5.41) is 4.77. The first-order chi connectivity index (χ1) is 13.1. The summed E-state index contributed by atoms with van der Waals surface area (Å²) in [6.07, 6.45) is 1.61. The summed E-state index contributed by atoms with van der Waals surface area (Å²) in [4.78, 5) is 21.1. The van der Waals surface area contributed by atoms with E-state index in [1.54, 1.807) is 6.26 Å². The van der Waals surface area contributed by atoms with Gasteiger partial charge in [0.25, 0.3) is 5.56 Å². The highest BCUT2D eigenvalue weighted by atomic mass is 32.1. The van der Waals surface area contributed by atoms with Crippen LogP contribution in [0.2, 0.25) is 0 Å². The molecular weight excluding hydrogens is 358 g/mol. The molecule has 0 saturated heterocycles. The Labute approximate surface area is 161 Å². The molecule has 0 amide bonds. The third-order valence-corrected chi connectivity index (χ3v) is 5.62. The van der Waals surface area contributed by atoms with E-state index in [1.165, 1.54) is 16.9 Å². The number of aromatic amines is 1. The van der Waals surface area contributed by atoms with Gasteiger partial charge in [-0.2, -0.15) is 0 Å². The van der Waals surface area contributed by atoms with Gasteiger partial charge in [-0.05, 0) is 12.1 Å². The Morgan fingerprint density at radius 1 is 1.19 bits per heavy atom. The third-order valence-electron chi connectivity index (χ3n) is 4.75. The zero-order valence-electron chi connectivity index (χ0n) is 15.3. The van der Waals surface area contributed by atoms with E-state index in [2.05, 4.69) is 53.4 Å². The zero-order valence-corrected chi connectivity index (χ0v) is 16.1. The second kappa shape index (κ2) is 7.50. The summed E-state index contributed by atoms with van der Waals surface area (Å²) in [6.45, 7) is 5.04. The van der Waals surface area contributed by atoms with Crippen molar-refractivity contribution in [3.8, 4) is 11.3 Å². The molecule has 4 rings (SSSR count). The maximum absolute atomic E-state index is 12.7. The number of fused-ring (bicyclic) bond motifs is 1. The van der Waals surface area contributed by atoms with Gasteiger partial charge in [-0.15, -0.1) is 11.3 Å². The molecule has 1 atom stereocenters. The summed E-state index contributed by atoms with van der Waals surface area (Å²) in [6, 6.07) is 14.4. The molecule has 3 N–H and O–H groups in total. The lowest BCUT2D eigenvalue weighted by atomic mass is 9.96. The number of furan rings is 1. The minimum Gasteiger partial charge on any atom is -0.464 e. The fourth-order valence-electron chi connectivity index (χ4n) is 3.41. The van der Waals surface area contributed by atoms with Gasteiger partial charge in [0.2, 0.25) is 0 Å². The lowest BCUT2D eigenvalue weighted by molar-refractivity contribution is -0.718. The van der Waals surface area contributed by atoms with Crippen molar-refractivity contribution in [1.29, 1.82) is 0 Å². The topological polar surface area (TPSA) is 75.5 Å². The molecule has 3 aromatic heterocycles. The molecule has 5 nitrogen and oxygen atoms in total.